The van der Waals surface area contributed by atoms with Crippen LogP contribution < -0.4 is 10.1 Å². The Morgan fingerprint density at radius 1 is 1.12 bits per heavy atom. The largest absolute Gasteiger partial charge is 0.455 e. The Morgan fingerprint density at radius 3 is 2.34 bits per heavy atom. The second kappa shape index (κ2) is 9.72. The third-order valence-corrected chi connectivity index (χ3v) is 7.14. The highest BCUT2D eigenvalue weighted by Gasteiger charge is 2.25. The number of amides is 1. The molecule has 170 valence electrons. The standard InChI is InChI=1S/C22H24ClN3O5S/c1-5-26(6-2)32(28,29)18-11-12-20(30-17-9-7-16(23)8-10-17)19(13-18)24-22(27)21-14(3)25-31-15(21)4/h7-13H,5-6H2,1-4H3,(H,24,27). The van der Waals surface area contributed by atoms with Crippen molar-refractivity contribution < 1.29 is 22.5 Å². The normalized spacial score (nSPS) is 11.6. The predicted molar refractivity (Wildman–Crippen MR) is 122 cm³/mol. The Labute approximate surface area is 192 Å². The number of rotatable bonds is 8. The molecule has 0 atom stereocenters. The lowest BCUT2D eigenvalue weighted by atomic mass is 10.2. The van der Waals surface area contributed by atoms with E-state index in [-0.39, 0.29) is 21.9 Å². The molecule has 0 fully saturated rings. The molecule has 1 N–H and O–H groups in total. The van der Waals surface area contributed by atoms with E-state index in [4.69, 9.17) is 20.9 Å². The molecule has 8 nitrogen and oxygen atoms in total. The Bertz CT molecular complexity index is 1200. The molecule has 1 aromatic heterocycles. The molecule has 3 rings (SSSR count). The molecule has 0 aliphatic carbocycles. The number of halogens is 1. The van der Waals surface area contributed by atoms with E-state index in [0.29, 0.717) is 35.3 Å². The van der Waals surface area contributed by atoms with E-state index >= 15 is 0 Å². The minimum atomic E-state index is -3.75. The average molecular weight is 478 g/mol. The summed E-state index contributed by atoms with van der Waals surface area (Å²) in [7, 11) is -3.75. The van der Waals surface area contributed by atoms with Crippen molar-refractivity contribution in [2.45, 2.75) is 32.6 Å². The summed E-state index contributed by atoms with van der Waals surface area (Å²) in [6.07, 6.45) is 0. The van der Waals surface area contributed by atoms with Crippen LogP contribution in [-0.2, 0) is 10.0 Å². The van der Waals surface area contributed by atoms with Gasteiger partial charge in [-0.1, -0.05) is 30.6 Å². The van der Waals surface area contributed by atoms with Crippen molar-refractivity contribution in [3.05, 3.63) is 64.5 Å². The van der Waals surface area contributed by atoms with Crippen molar-refractivity contribution in [1.29, 1.82) is 0 Å². The van der Waals surface area contributed by atoms with Gasteiger partial charge >= 0.3 is 0 Å². The summed E-state index contributed by atoms with van der Waals surface area (Å²) in [5, 5.41) is 7.08. The third kappa shape index (κ3) is 4.95. The second-order valence-corrected chi connectivity index (χ2v) is 9.33. The number of nitrogens with one attached hydrogen (secondary N) is 1. The van der Waals surface area contributed by atoms with Crippen LogP contribution in [-0.4, -0.2) is 36.9 Å². The van der Waals surface area contributed by atoms with Gasteiger partial charge in [-0.3, -0.25) is 4.79 Å². The smallest absolute Gasteiger partial charge is 0.261 e. The van der Waals surface area contributed by atoms with Crippen LogP contribution in [0.5, 0.6) is 11.5 Å². The Kier molecular flexibility index (Phi) is 7.22. The molecule has 0 spiro atoms. The fourth-order valence-corrected chi connectivity index (χ4v) is 4.80. The van der Waals surface area contributed by atoms with Crippen molar-refractivity contribution in [2.75, 3.05) is 18.4 Å². The van der Waals surface area contributed by atoms with Crippen molar-refractivity contribution in [3.63, 3.8) is 0 Å². The van der Waals surface area contributed by atoms with Crippen LogP contribution in [0.15, 0.2) is 51.9 Å². The van der Waals surface area contributed by atoms with E-state index in [1.54, 1.807) is 52.0 Å². The molecule has 0 radical (unpaired) electrons. The molecule has 1 heterocycles. The highest BCUT2D eigenvalue weighted by molar-refractivity contribution is 7.89. The molecule has 0 saturated carbocycles. The van der Waals surface area contributed by atoms with Gasteiger partial charge in [-0.15, -0.1) is 0 Å². The molecular formula is C22H24ClN3O5S. The SMILES string of the molecule is CCN(CC)S(=O)(=O)c1ccc(Oc2ccc(Cl)cc2)c(NC(=O)c2c(C)noc2C)c1. The van der Waals surface area contributed by atoms with E-state index < -0.39 is 15.9 Å². The maximum absolute atomic E-state index is 13.0. The molecule has 0 aliphatic rings. The number of nitrogens with zero attached hydrogens (tertiary/aromatic N) is 2. The van der Waals surface area contributed by atoms with Crippen LogP contribution >= 0.6 is 11.6 Å². The van der Waals surface area contributed by atoms with E-state index in [1.807, 2.05) is 0 Å². The summed E-state index contributed by atoms with van der Waals surface area (Å²) in [6.45, 7) is 7.45. The first kappa shape index (κ1) is 23.8. The van der Waals surface area contributed by atoms with Gasteiger partial charge in [0.1, 0.15) is 17.1 Å². The van der Waals surface area contributed by atoms with Gasteiger partial charge in [-0.05, 0) is 56.3 Å². The Morgan fingerprint density at radius 2 is 1.78 bits per heavy atom. The van der Waals surface area contributed by atoms with Gasteiger partial charge in [0.15, 0.2) is 5.75 Å². The lowest BCUT2D eigenvalue weighted by Crippen LogP contribution is -2.30. The minimum absolute atomic E-state index is 0.0405. The van der Waals surface area contributed by atoms with Gasteiger partial charge in [0.25, 0.3) is 5.91 Å². The van der Waals surface area contributed by atoms with Crippen LogP contribution in [0.3, 0.4) is 0 Å². The highest BCUT2D eigenvalue weighted by atomic mass is 35.5. The van der Waals surface area contributed by atoms with Gasteiger partial charge in [0.05, 0.1) is 16.3 Å². The second-order valence-electron chi connectivity index (χ2n) is 6.96. The third-order valence-electron chi connectivity index (χ3n) is 4.84. The van der Waals surface area contributed by atoms with E-state index in [9.17, 15) is 13.2 Å². The minimum Gasteiger partial charge on any atom is -0.455 e. The summed E-state index contributed by atoms with van der Waals surface area (Å²) in [5.41, 5.74) is 0.893. The first-order valence-corrected chi connectivity index (χ1v) is 11.8. The fraction of sp³-hybridized carbons (Fsp3) is 0.273. The zero-order chi connectivity index (χ0) is 23.5. The van der Waals surface area contributed by atoms with Gasteiger partial charge < -0.3 is 14.6 Å². The molecular weight excluding hydrogens is 454 g/mol. The van der Waals surface area contributed by atoms with Crippen molar-refractivity contribution >= 4 is 33.2 Å². The maximum atomic E-state index is 13.0. The molecule has 1 amide bonds. The first-order chi connectivity index (χ1) is 15.2. The van der Waals surface area contributed by atoms with Gasteiger partial charge in [0, 0.05) is 18.1 Å². The topological polar surface area (TPSA) is 102 Å². The molecule has 32 heavy (non-hydrogen) atoms. The van der Waals surface area contributed by atoms with Crippen LogP contribution in [0.1, 0.15) is 35.7 Å². The summed E-state index contributed by atoms with van der Waals surface area (Å²) in [6, 6.07) is 11.0. The number of anilines is 1. The van der Waals surface area contributed by atoms with Crippen LogP contribution in [0, 0.1) is 13.8 Å². The van der Waals surface area contributed by atoms with Gasteiger partial charge in [-0.25, -0.2) is 8.42 Å². The number of aryl methyl sites for hydroxylation is 2. The van der Waals surface area contributed by atoms with E-state index in [2.05, 4.69) is 10.5 Å². The predicted octanol–water partition coefficient (Wildman–Crippen LogP) is 5.02. The van der Waals surface area contributed by atoms with E-state index in [1.165, 1.54) is 22.5 Å². The number of sulfonamides is 1. The first-order valence-electron chi connectivity index (χ1n) is 9.99. The molecule has 3 aromatic rings. The van der Waals surface area contributed by atoms with E-state index in [0.717, 1.165) is 0 Å². The number of aromatic nitrogens is 1. The number of carbonyl (C=O) groups is 1. The molecule has 2 aromatic carbocycles. The fourth-order valence-electron chi connectivity index (χ4n) is 3.19. The molecule has 0 bridgehead atoms. The summed E-state index contributed by atoms with van der Waals surface area (Å²) in [5.74, 6) is 0.610. The lowest BCUT2D eigenvalue weighted by Gasteiger charge is -2.20. The summed E-state index contributed by atoms with van der Waals surface area (Å²) < 4.78 is 38.3. The van der Waals surface area contributed by atoms with Crippen molar-refractivity contribution in [1.82, 2.24) is 9.46 Å². The molecule has 0 aliphatic heterocycles. The van der Waals surface area contributed by atoms with Gasteiger partial charge in [0.2, 0.25) is 10.0 Å². The van der Waals surface area contributed by atoms with Crippen LogP contribution in [0.4, 0.5) is 5.69 Å². The number of hydrogen-bond acceptors (Lipinski definition) is 6. The maximum Gasteiger partial charge on any atom is 0.261 e. The monoisotopic (exact) mass is 477 g/mol. The van der Waals surface area contributed by atoms with Crippen molar-refractivity contribution in [3.8, 4) is 11.5 Å². The summed E-state index contributed by atoms with van der Waals surface area (Å²) >= 11 is 5.93. The molecule has 0 saturated heterocycles. The molecule has 10 heteroatoms. The number of benzene rings is 2. The van der Waals surface area contributed by atoms with Crippen LogP contribution in [0.2, 0.25) is 5.02 Å². The summed E-state index contributed by atoms with van der Waals surface area (Å²) in [4.78, 5) is 13.0. The Hall–Kier alpha value is -2.88. The number of carbonyl (C=O) groups excluding carboxylic acids is 1. The van der Waals surface area contributed by atoms with Crippen LogP contribution in [0.25, 0.3) is 0 Å². The zero-order valence-corrected chi connectivity index (χ0v) is 19.7. The Balaban J connectivity index is 2.04. The van der Waals surface area contributed by atoms with Gasteiger partial charge in [-0.2, -0.15) is 4.31 Å². The number of hydrogen-bond donors (Lipinski definition) is 1. The zero-order valence-electron chi connectivity index (χ0n) is 18.2. The lowest BCUT2D eigenvalue weighted by molar-refractivity contribution is 0.102. The quantitative estimate of drug-likeness (QED) is 0.488. The van der Waals surface area contributed by atoms with Crippen molar-refractivity contribution in [2.24, 2.45) is 0 Å². The number of ether oxygens (including phenoxy) is 1. The highest BCUT2D eigenvalue weighted by Crippen LogP contribution is 2.34. The average Bonchev–Trinajstić information content (AvgIpc) is 3.09. The molecule has 0 unspecified atom stereocenters.